The highest BCUT2D eigenvalue weighted by Gasteiger charge is 1.87. The first-order valence-electron chi connectivity index (χ1n) is 6.27. The molecule has 0 atom stereocenters. The van der Waals surface area contributed by atoms with E-state index in [2.05, 4.69) is 31.2 Å². The molecule has 0 aromatic rings. The minimum Gasteiger partial charge on any atom is -0.0848 e. The van der Waals surface area contributed by atoms with Gasteiger partial charge in [0, 0.05) is 0 Å². The first-order chi connectivity index (χ1) is 7.41. The SMILES string of the molecule is [CH]=CCCCCCCCC=CC=CCC. The number of hydrogen-bond donors (Lipinski definition) is 0. The van der Waals surface area contributed by atoms with Gasteiger partial charge in [-0.05, 0) is 32.1 Å². The molecule has 0 aromatic carbocycles. The molecule has 1 radical (unpaired) electrons. The van der Waals surface area contributed by atoms with E-state index in [9.17, 15) is 0 Å². The van der Waals surface area contributed by atoms with Crippen LogP contribution >= 0.6 is 0 Å². The van der Waals surface area contributed by atoms with Gasteiger partial charge in [0.2, 0.25) is 0 Å². The largest absolute Gasteiger partial charge is 0.0848 e. The minimum absolute atomic E-state index is 1.07. The maximum absolute atomic E-state index is 5.31. The fourth-order valence-corrected chi connectivity index (χ4v) is 1.44. The van der Waals surface area contributed by atoms with Gasteiger partial charge in [0.1, 0.15) is 0 Å². The summed E-state index contributed by atoms with van der Waals surface area (Å²) in [6.45, 7) is 7.46. The second-order valence-corrected chi connectivity index (χ2v) is 3.85. The summed E-state index contributed by atoms with van der Waals surface area (Å²) in [5, 5.41) is 0. The van der Waals surface area contributed by atoms with E-state index in [0.29, 0.717) is 0 Å². The predicted octanol–water partition coefficient (Wildman–Crippen LogP) is 5.23. The Labute approximate surface area is 95.8 Å². The molecule has 0 aliphatic carbocycles. The fraction of sp³-hybridized carbons (Fsp3) is 0.600. The molecule has 0 heteroatoms. The van der Waals surface area contributed by atoms with E-state index >= 15 is 0 Å². The first kappa shape index (κ1) is 14.2. The van der Waals surface area contributed by atoms with Crippen LogP contribution in [-0.4, -0.2) is 0 Å². The molecule has 0 heterocycles. The van der Waals surface area contributed by atoms with Gasteiger partial charge < -0.3 is 0 Å². The molecule has 0 aliphatic heterocycles. The van der Waals surface area contributed by atoms with Crippen molar-refractivity contribution in [2.24, 2.45) is 0 Å². The highest BCUT2D eigenvalue weighted by Crippen LogP contribution is 2.07. The average molecular weight is 205 g/mol. The van der Waals surface area contributed by atoms with Crippen molar-refractivity contribution in [2.45, 2.75) is 58.3 Å². The molecule has 0 spiro atoms. The standard InChI is InChI=1S/C15H25/c1-3-5-7-9-11-13-15-14-12-10-8-6-4-2/h1,3,6,8,10,12H,4-5,7,9,11,13-15H2,2H3. The Bertz CT molecular complexity index is 174. The van der Waals surface area contributed by atoms with Crippen molar-refractivity contribution in [2.75, 3.05) is 0 Å². The summed E-state index contributed by atoms with van der Waals surface area (Å²) in [4.78, 5) is 0. The lowest BCUT2D eigenvalue weighted by Gasteiger charge is -1.97. The molecule has 0 saturated heterocycles. The highest BCUT2D eigenvalue weighted by molar-refractivity contribution is 5.01. The van der Waals surface area contributed by atoms with Crippen LogP contribution < -0.4 is 0 Å². The quantitative estimate of drug-likeness (QED) is 0.338. The monoisotopic (exact) mass is 205 g/mol. The minimum atomic E-state index is 1.07. The summed E-state index contributed by atoms with van der Waals surface area (Å²) in [7, 11) is 0. The summed E-state index contributed by atoms with van der Waals surface area (Å²) in [5.74, 6) is 0. The van der Waals surface area contributed by atoms with E-state index in [4.69, 9.17) is 6.58 Å². The predicted molar refractivity (Wildman–Crippen MR) is 69.8 cm³/mol. The van der Waals surface area contributed by atoms with Gasteiger partial charge in [-0.25, -0.2) is 0 Å². The Hall–Kier alpha value is -0.780. The third-order valence-electron chi connectivity index (χ3n) is 2.36. The van der Waals surface area contributed by atoms with Crippen molar-refractivity contribution in [1.29, 1.82) is 0 Å². The Balaban J connectivity index is 3.07. The van der Waals surface area contributed by atoms with Crippen LogP contribution in [0.15, 0.2) is 30.4 Å². The third-order valence-corrected chi connectivity index (χ3v) is 2.36. The molecule has 0 aromatic heterocycles. The van der Waals surface area contributed by atoms with Gasteiger partial charge in [0.25, 0.3) is 0 Å². The van der Waals surface area contributed by atoms with Crippen LogP contribution in [0.3, 0.4) is 0 Å². The molecule has 15 heavy (non-hydrogen) atoms. The molecule has 85 valence electrons. The normalized spacial score (nSPS) is 11.5. The zero-order chi connectivity index (χ0) is 11.2. The Morgan fingerprint density at radius 2 is 1.40 bits per heavy atom. The number of hydrogen-bond acceptors (Lipinski definition) is 0. The third kappa shape index (κ3) is 13.2. The molecule has 0 rings (SSSR count). The second-order valence-electron chi connectivity index (χ2n) is 3.85. The van der Waals surface area contributed by atoms with E-state index in [1.54, 1.807) is 6.08 Å². The maximum Gasteiger partial charge on any atom is -0.0348 e. The Morgan fingerprint density at radius 1 is 0.800 bits per heavy atom. The van der Waals surface area contributed by atoms with Crippen molar-refractivity contribution < 1.29 is 0 Å². The van der Waals surface area contributed by atoms with E-state index in [1.807, 2.05) is 0 Å². The van der Waals surface area contributed by atoms with Gasteiger partial charge in [-0.1, -0.05) is 63.1 Å². The molecule has 0 saturated carbocycles. The molecule has 0 bridgehead atoms. The van der Waals surface area contributed by atoms with Crippen LogP contribution in [0, 0.1) is 6.58 Å². The van der Waals surface area contributed by atoms with Gasteiger partial charge in [-0.3, -0.25) is 0 Å². The van der Waals surface area contributed by atoms with Crippen molar-refractivity contribution in [3.63, 3.8) is 0 Å². The summed E-state index contributed by atoms with van der Waals surface area (Å²) in [6, 6.07) is 0. The van der Waals surface area contributed by atoms with Gasteiger partial charge in [0.15, 0.2) is 0 Å². The van der Waals surface area contributed by atoms with Crippen molar-refractivity contribution >= 4 is 0 Å². The summed E-state index contributed by atoms with van der Waals surface area (Å²) < 4.78 is 0. The lowest BCUT2D eigenvalue weighted by atomic mass is 10.1. The summed E-state index contributed by atoms with van der Waals surface area (Å²) in [6.07, 6.45) is 20.5. The maximum atomic E-state index is 5.31. The molecule has 0 fully saturated rings. The zero-order valence-electron chi connectivity index (χ0n) is 10.1. The molecule has 0 unspecified atom stereocenters. The Morgan fingerprint density at radius 3 is 2.07 bits per heavy atom. The summed E-state index contributed by atoms with van der Waals surface area (Å²) >= 11 is 0. The lowest BCUT2D eigenvalue weighted by molar-refractivity contribution is 0.622. The molecule has 0 N–H and O–H groups in total. The molecular weight excluding hydrogens is 180 g/mol. The van der Waals surface area contributed by atoms with Crippen LogP contribution in [0.4, 0.5) is 0 Å². The average Bonchev–Trinajstić information content (AvgIpc) is 2.26. The van der Waals surface area contributed by atoms with Gasteiger partial charge in [-0.15, -0.1) is 0 Å². The Kier molecular flexibility index (Phi) is 12.5. The van der Waals surface area contributed by atoms with E-state index in [-0.39, 0.29) is 0 Å². The fourth-order valence-electron chi connectivity index (χ4n) is 1.44. The van der Waals surface area contributed by atoms with Gasteiger partial charge in [-0.2, -0.15) is 0 Å². The van der Waals surface area contributed by atoms with Crippen molar-refractivity contribution in [1.82, 2.24) is 0 Å². The van der Waals surface area contributed by atoms with Crippen molar-refractivity contribution in [3.8, 4) is 0 Å². The zero-order valence-corrected chi connectivity index (χ0v) is 10.1. The molecular formula is C15H25. The summed E-state index contributed by atoms with van der Waals surface area (Å²) in [5.41, 5.74) is 0. The molecule has 0 aliphatic rings. The van der Waals surface area contributed by atoms with Gasteiger partial charge >= 0.3 is 0 Å². The van der Waals surface area contributed by atoms with E-state index in [0.717, 1.165) is 12.8 Å². The number of allylic oxidation sites excluding steroid dienone is 5. The smallest absolute Gasteiger partial charge is 0.0348 e. The number of rotatable bonds is 10. The van der Waals surface area contributed by atoms with Gasteiger partial charge in [0.05, 0.1) is 0 Å². The topological polar surface area (TPSA) is 0 Å². The van der Waals surface area contributed by atoms with Crippen molar-refractivity contribution in [3.05, 3.63) is 37.0 Å². The lowest BCUT2D eigenvalue weighted by Crippen LogP contribution is -1.77. The molecule has 0 amide bonds. The van der Waals surface area contributed by atoms with E-state index in [1.165, 1.54) is 38.5 Å². The highest BCUT2D eigenvalue weighted by atomic mass is 13.9. The van der Waals surface area contributed by atoms with Crippen LogP contribution in [0.5, 0.6) is 0 Å². The first-order valence-corrected chi connectivity index (χ1v) is 6.27. The van der Waals surface area contributed by atoms with E-state index < -0.39 is 0 Å². The number of unbranched alkanes of at least 4 members (excludes halogenated alkanes) is 6. The van der Waals surface area contributed by atoms with Crippen LogP contribution in [0.2, 0.25) is 0 Å². The second kappa shape index (κ2) is 13.2. The van der Waals surface area contributed by atoms with Crippen LogP contribution in [0.1, 0.15) is 58.3 Å². The molecule has 0 nitrogen and oxygen atoms in total. The van der Waals surface area contributed by atoms with Crippen LogP contribution in [0.25, 0.3) is 0 Å². The van der Waals surface area contributed by atoms with Crippen LogP contribution in [-0.2, 0) is 0 Å².